The lowest BCUT2D eigenvalue weighted by Gasteiger charge is -2.21. The van der Waals surface area contributed by atoms with Gasteiger partial charge in [0.1, 0.15) is 0 Å². The third-order valence-corrected chi connectivity index (χ3v) is 7.87. The number of hydrogen-bond acceptors (Lipinski definition) is 2. The van der Waals surface area contributed by atoms with Crippen LogP contribution in [0.15, 0.2) is 0 Å². The van der Waals surface area contributed by atoms with E-state index in [9.17, 15) is 0 Å². The molecule has 2 aliphatic heterocycles. The van der Waals surface area contributed by atoms with Crippen molar-refractivity contribution in [3.63, 3.8) is 0 Å². The van der Waals surface area contributed by atoms with E-state index >= 15 is 0 Å². The number of rotatable bonds is 5. The molecule has 10 atom stereocenters. The Labute approximate surface area is 121 Å². The molecule has 0 spiro atoms. The summed E-state index contributed by atoms with van der Waals surface area (Å²) in [6, 6.07) is 0. The SMILES string of the molecule is C(CCC1CC2CC1C1OC21)CC1CC2CC1C1OC21. The van der Waals surface area contributed by atoms with Crippen molar-refractivity contribution in [3.8, 4) is 0 Å². The molecular weight excluding hydrogens is 248 g/mol. The minimum atomic E-state index is 0.716. The minimum Gasteiger partial charge on any atom is -0.369 e. The van der Waals surface area contributed by atoms with E-state index in [1.54, 1.807) is 0 Å². The maximum Gasteiger partial charge on any atom is 0.0875 e. The van der Waals surface area contributed by atoms with E-state index < -0.39 is 0 Å². The zero-order valence-corrected chi connectivity index (χ0v) is 12.2. The molecule has 0 N–H and O–H groups in total. The molecular formula is C18H26O2. The summed E-state index contributed by atoms with van der Waals surface area (Å²) < 4.78 is 11.6. The normalized spacial score (nSPS) is 63.6. The van der Waals surface area contributed by atoms with Crippen LogP contribution in [0.25, 0.3) is 0 Å². The molecule has 0 amide bonds. The van der Waals surface area contributed by atoms with E-state index in [-0.39, 0.29) is 0 Å². The van der Waals surface area contributed by atoms with Crippen LogP contribution in [0.4, 0.5) is 0 Å². The molecule has 2 nitrogen and oxygen atoms in total. The van der Waals surface area contributed by atoms with Gasteiger partial charge in [0.25, 0.3) is 0 Å². The van der Waals surface area contributed by atoms with Crippen LogP contribution < -0.4 is 0 Å². The number of hydrogen-bond donors (Lipinski definition) is 0. The molecule has 10 unspecified atom stereocenters. The van der Waals surface area contributed by atoms with E-state index in [4.69, 9.17) is 9.47 Å². The zero-order valence-electron chi connectivity index (χ0n) is 12.2. The predicted molar refractivity (Wildman–Crippen MR) is 75.2 cm³/mol. The third-order valence-electron chi connectivity index (χ3n) is 7.87. The van der Waals surface area contributed by atoms with Crippen molar-refractivity contribution in [1.82, 2.24) is 0 Å². The first-order valence-electron chi connectivity index (χ1n) is 9.19. The second-order valence-electron chi connectivity index (χ2n) is 8.73. The van der Waals surface area contributed by atoms with Crippen LogP contribution in [-0.2, 0) is 9.47 Å². The van der Waals surface area contributed by atoms with Crippen LogP contribution in [0.5, 0.6) is 0 Å². The van der Waals surface area contributed by atoms with Gasteiger partial charge in [-0.05, 0) is 61.2 Å². The summed E-state index contributed by atoms with van der Waals surface area (Å²) in [5, 5.41) is 0. The van der Waals surface area contributed by atoms with Gasteiger partial charge in [0, 0.05) is 0 Å². The average molecular weight is 274 g/mol. The van der Waals surface area contributed by atoms with Gasteiger partial charge in [-0.1, -0.05) is 25.7 Å². The average Bonchev–Trinajstić information content (AvgIpc) is 3.30. The van der Waals surface area contributed by atoms with Crippen LogP contribution in [0, 0.1) is 35.5 Å². The van der Waals surface area contributed by atoms with Gasteiger partial charge in [0.15, 0.2) is 0 Å². The summed E-state index contributed by atoms with van der Waals surface area (Å²) in [6.07, 6.45) is 14.8. The molecule has 0 aromatic rings. The highest BCUT2D eigenvalue weighted by Crippen LogP contribution is 2.61. The standard InChI is InChI=1S/C18H26O2/c1(3-9-5-11-7-13(9)17-15(11)19-17)2-4-10-6-12-8-14(10)18-16(12)20-18/h9-18H,1-8H2. The van der Waals surface area contributed by atoms with Crippen molar-refractivity contribution < 1.29 is 9.47 Å². The summed E-state index contributed by atoms with van der Waals surface area (Å²) in [7, 11) is 0. The van der Waals surface area contributed by atoms with Gasteiger partial charge in [0.2, 0.25) is 0 Å². The van der Waals surface area contributed by atoms with Crippen LogP contribution in [0.3, 0.4) is 0 Å². The second kappa shape index (κ2) is 3.81. The van der Waals surface area contributed by atoms with Gasteiger partial charge in [-0.15, -0.1) is 0 Å². The van der Waals surface area contributed by atoms with Crippen molar-refractivity contribution >= 4 is 0 Å². The number of fused-ring (bicyclic) bond motifs is 10. The largest absolute Gasteiger partial charge is 0.369 e. The highest BCUT2D eigenvalue weighted by molar-refractivity contribution is 5.11. The molecule has 4 aliphatic carbocycles. The number of epoxide rings is 2. The molecule has 110 valence electrons. The summed E-state index contributed by atoms with van der Waals surface area (Å²) in [6.45, 7) is 0. The number of ether oxygens (including phenoxy) is 2. The predicted octanol–water partition coefficient (Wildman–Crippen LogP) is 3.39. The van der Waals surface area contributed by atoms with Gasteiger partial charge in [-0.2, -0.15) is 0 Å². The van der Waals surface area contributed by atoms with E-state index in [0.29, 0.717) is 12.2 Å². The van der Waals surface area contributed by atoms with E-state index in [0.717, 1.165) is 47.7 Å². The van der Waals surface area contributed by atoms with Gasteiger partial charge in [0.05, 0.1) is 24.4 Å². The smallest absolute Gasteiger partial charge is 0.0875 e. The van der Waals surface area contributed by atoms with Crippen LogP contribution in [0.1, 0.15) is 51.4 Å². The third kappa shape index (κ3) is 1.48. The first-order chi connectivity index (χ1) is 9.88. The molecule has 0 aromatic heterocycles. The number of unbranched alkanes of at least 4 members (excludes halogenated alkanes) is 1. The van der Waals surface area contributed by atoms with Gasteiger partial charge < -0.3 is 9.47 Å². The van der Waals surface area contributed by atoms with Crippen LogP contribution in [0.2, 0.25) is 0 Å². The highest BCUT2D eigenvalue weighted by atomic mass is 16.6. The first kappa shape index (κ1) is 11.5. The molecule has 4 bridgehead atoms. The molecule has 6 rings (SSSR count). The summed E-state index contributed by atoms with van der Waals surface area (Å²) >= 11 is 0. The lowest BCUT2D eigenvalue weighted by molar-refractivity contribution is 0.238. The summed E-state index contributed by atoms with van der Waals surface area (Å²) in [5.74, 6) is 5.91. The summed E-state index contributed by atoms with van der Waals surface area (Å²) in [4.78, 5) is 0. The monoisotopic (exact) mass is 274 g/mol. The zero-order chi connectivity index (χ0) is 12.8. The fourth-order valence-electron chi connectivity index (χ4n) is 6.94. The molecule has 6 fully saturated rings. The molecule has 6 aliphatic rings. The highest BCUT2D eigenvalue weighted by Gasteiger charge is 2.63. The fourth-order valence-corrected chi connectivity index (χ4v) is 6.94. The van der Waals surface area contributed by atoms with Crippen molar-refractivity contribution in [2.45, 2.75) is 75.8 Å². The Balaban J connectivity index is 0.978. The molecule has 0 radical (unpaired) electrons. The lowest BCUT2D eigenvalue weighted by Crippen LogP contribution is -2.19. The maximum atomic E-state index is 5.79. The first-order valence-corrected chi connectivity index (χ1v) is 9.19. The van der Waals surface area contributed by atoms with Crippen molar-refractivity contribution in [3.05, 3.63) is 0 Å². The lowest BCUT2D eigenvalue weighted by atomic mass is 9.82. The Kier molecular flexibility index (Phi) is 2.19. The Morgan fingerprint density at radius 1 is 0.600 bits per heavy atom. The quantitative estimate of drug-likeness (QED) is 0.567. The van der Waals surface area contributed by atoms with Gasteiger partial charge >= 0.3 is 0 Å². The maximum absolute atomic E-state index is 5.79. The van der Waals surface area contributed by atoms with Gasteiger partial charge in [-0.3, -0.25) is 0 Å². The van der Waals surface area contributed by atoms with Gasteiger partial charge in [-0.25, -0.2) is 0 Å². The molecule has 4 saturated carbocycles. The Bertz CT molecular complexity index is 395. The van der Waals surface area contributed by atoms with E-state index in [1.807, 2.05) is 0 Å². The molecule has 20 heavy (non-hydrogen) atoms. The summed E-state index contributed by atoms with van der Waals surface area (Å²) in [5.41, 5.74) is 0. The second-order valence-corrected chi connectivity index (χ2v) is 8.73. The molecule has 0 aromatic carbocycles. The topological polar surface area (TPSA) is 25.1 Å². The Hall–Kier alpha value is -0.0800. The van der Waals surface area contributed by atoms with E-state index in [2.05, 4.69) is 0 Å². The molecule has 2 saturated heterocycles. The van der Waals surface area contributed by atoms with Crippen LogP contribution in [-0.4, -0.2) is 24.4 Å². The minimum absolute atomic E-state index is 0.716. The Morgan fingerprint density at radius 2 is 1.10 bits per heavy atom. The van der Waals surface area contributed by atoms with Crippen molar-refractivity contribution in [2.24, 2.45) is 35.5 Å². The van der Waals surface area contributed by atoms with Crippen molar-refractivity contribution in [1.29, 1.82) is 0 Å². The Morgan fingerprint density at radius 3 is 1.50 bits per heavy atom. The van der Waals surface area contributed by atoms with E-state index in [1.165, 1.54) is 51.4 Å². The van der Waals surface area contributed by atoms with Crippen molar-refractivity contribution in [2.75, 3.05) is 0 Å². The molecule has 2 heteroatoms. The fraction of sp³-hybridized carbons (Fsp3) is 1.00. The van der Waals surface area contributed by atoms with Crippen LogP contribution >= 0.6 is 0 Å². The molecule has 2 heterocycles.